The maximum atomic E-state index is 12.3. The summed E-state index contributed by atoms with van der Waals surface area (Å²) in [6.45, 7) is 0.575. The summed E-state index contributed by atoms with van der Waals surface area (Å²) in [7, 11) is 1.97. The van der Waals surface area contributed by atoms with Gasteiger partial charge in [0.05, 0.1) is 12.2 Å². The molecule has 2 amide bonds. The molecule has 0 radical (unpaired) electrons. The molecule has 1 heterocycles. The highest BCUT2D eigenvalue weighted by Gasteiger charge is 2.24. The van der Waals surface area contributed by atoms with E-state index < -0.39 is 0 Å². The summed E-state index contributed by atoms with van der Waals surface area (Å²) in [5.74, 6) is 0. The largest absolute Gasteiger partial charge is 0.334 e. The number of hydrogen-bond donors (Lipinski definition) is 2. The Bertz CT molecular complexity index is 765. The molecular weight excluding hydrogens is 300 g/mol. The fourth-order valence-corrected chi connectivity index (χ4v) is 3.98. The maximum Gasteiger partial charge on any atom is 0.315 e. The van der Waals surface area contributed by atoms with Crippen LogP contribution in [-0.4, -0.2) is 15.8 Å². The molecule has 5 heteroatoms. The third-order valence-corrected chi connectivity index (χ3v) is 5.30. The molecule has 1 aromatic carbocycles. The molecule has 1 atom stereocenters. The van der Waals surface area contributed by atoms with Crippen molar-refractivity contribution in [3.63, 3.8) is 0 Å². The maximum absolute atomic E-state index is 12.3. The number of urea groups is 1. The van der Waals surface area contributed by atoms with Crippen molar-refractivity contribution in [2.24, 2.45) is 7.05 Å². The summed E-state index contributed by atoms with van der Waals surface area (Å²) in [6, 6.07) is 6.55. The van der Waals surface area contributed by atoms with Crippen LogP contribution in [0.3, 0.4) is 0 Å². The number of carbonyl (C=O) groups is 1. The van der Waals surface area contributed by atoms with E-state index in [4.69, 9.17) is 0 Å². The molecule has 0 fully saturated rings. The van der Waals surface area contributed by atoms with Crippen LogP contribution in [0, 0.1) is 0 Å². The van der Waals surface area contributed by atoms with E-state index in [0.717, 1.165) is 24.8 Å². The Hall–Kier alpha value is -2.30. The first-order valence-corrected chi connectivity index (χ1v) is 8.86. The van der Waals surface area contributed by atoms with Crippen LogP contribution in [0.4, 0.5) is 4.79 Å². The third kappa shape index (κ3) is 2.90. The molecule has 0 aliphatic heterocycles. The van der Waals surface area contributed by atoms with Crippen molar-refractivity contribution < 1.29 is 4.79 Å². The van der Waals surface area contributed by atoms with E-state index in [9.17, 15) is 4.79 Å². The van der Waals surface area contributed by atoms with E-state index in [1.54, 1.807) is 0 Å². The zero-order chi connectivity index (χ0) is 16.5. The second-order valence-electron chi connectivity index (χ2n) is 6.90. The lowest BCUT2D eigenvalue weighted by molar-refractivity contribution is 0.235. The van der Waals surface area contributed by atoms with Crippen molar-refractivity contribution in [1.82, 2.24) is 20.4 Å². The van der Waals surface area contributed by atoms with Gasteiger partial charge in [-0.15, -0.1) is 0 Å². The van der Waals surface area contributed by atoms with Crippen molar-refractivity contribution in [1.29, 1.82) is 0 Å². The van der Waals surface area contributed by atoms with Crippen LogP contribution < -0.4 is 10.6 Å². The lowest BCUT2D eigenvalue weighted by atomic mass is 9.93. The minimum atomic E-state index is -0.0998. The highest BCUT2D eigenvalue weighted by molar-refractivity contribution is 5.74. The predicted octanol–water partition coefficient (Wildman–Crippen LogP) is 2.79. The van der Waals surface area contributed by atoms with Crippen LogP contribution in [-0.2, 0) is 32.9 Å². The Morgan fingerprint density at radius 1 is 1.25 bits per heavy atom. The van der Waals surface area contributed by atoms with Crippen LogP contribution >= 0.6 is 0 Å². The Balaban J connectivity index is 1.36. The number of hydrogen-bond acceptors (Lipinski definition) is 2. The Labute approximate surface area is 142 Å². The van der Waals surface area contributed by atoms with Crippen molar-refractivity contribution in [2.45, 2.75) is 51.1 Å². The number of fused-ring (bicyclic) bond motifs is 2. The van der Waals surface area contributed by atoms with Gasteiger partial charge in [-0.2, -0.15) is 5.10 Å². The minimum Gasteiger partial charge on any atom is -0.334 e. The number of nitrogens with one attached hydrogen (secondary N) is 2. The van der Waals surface area contributed by atoms with Gasteiger partial charge in [-0.25, -0.2) is 4.79 Å². The average Bonchev–Trinajstić information content (AvgIpc) is 3.20. The Kier molecular flexibility index (Phi) is 4.00. The molecule has 1 aromatic heterocycles. The number of amides is 2. The summed E-state index contributed by atoms with van der Waals surface area (Å²) >= 11 is 0. The van der Waals surface area contributed by atoms with E-state index in [1.165, 1.54) is 41.6 Å². The Morgan fingerprint density at radius 2 is 2.12 bits per heavy atom. The predicted molar refractivity (Wildman–Crippen MR) is 92.7 cm³/mol. The van der Waals surface area contributed by atoms with Gasteiger partial charge in [0, 0.05) is 24.8 Å². The molecule has 0 saturated carbocycles. The zero-order valence-corrected chi connectivity index (χ0v) is 14.1. The first kappa shape index (κ1) is 15.2. The van der Waals surface area contributed by atoms with Crippen molar-refractivity contribution >= 4 is 6.03 Å². The molecular formula is C19H24N4O. The van der Waals surface area contributed by atoms with Gasteiger partial charge in [0.2, 0.25) is 0 Å². The van der Waals surface area contributed by atoms with Crippen LogP contribution in [0.15, 0.2) is 24.4 Å². The van der Waals surface area contributed by atoms with Gasteiger partial charge in [0.15, 0.2) is 0 Å². The van der Waals surface area contributed by atoms with Crippen LogP contribution in [0.5, 0.6) is 0 Å². The first-order valence-electron chi connectivity index (χ1n) is 8.86. The topological polar surface area (TPSA) is 59.0 Å². The zero-order valence-electron chi connectivity index (χ0n) is 14.1. The van der Waals surface area contributed by atoms with Gasteiger partial charge in [-0.05, 0) is 55.2 Å². The second-order valence-corrected chi connectivity index (χ2v) is 6.90. The standard InChI is InChI=1S/C19H24N4O/c1-23-18-7-3-6-17(16(18)12-21-23)22-19(24)20-11-13-8-9-14-4-2-5-15(14)10-13/h8-10,12,17H,2-7,11H2,1H3,(H2,20,22,24). The van der Waals surface area contributed by atoms with Gasteiger partial charge >= 0.3 is 6.03 Å². The first-order chi connectivity index (χ1) is 11.7. The van der Waals surface area contributed by atoms with Crippen LogP contribution in [0.1, 0.15) is 53.3 Å². The van der Waals surface area contributed by atoms with Gasteiger partial charge < -0.3 is 10.6 Å². The molecule has 24 heavy (non-hydrogen) atoms. The minimum absolute atomic E-state index is 0.0717. The van der Waals surface area contributed by atoms with Crippen LogP contribution in [0.2, 0.25) is 0 Å². The van der Waals surface area contributed by atoms with Gasteiger partial charge in [0.1, 0.15) is 0 Å². The van der Waals surface area contributed by atoms with E-state index >= 15 is 0 Å². The van der Waals surface area contributed by atoms with Gasteiger partial charge in [-0.3, -0.25) is 4.68 Å². The average molecular weight is 324 g/mol. The third-order valence-electron chi connectivity index (χ3n) is 5.30. The highest BCUT2D eigenvalue weighted by Crippen LogP contribution is 2.29. The number of nitrogens with zero attached hydrogens (tertiary/aromatic N) is 2. The van der Waals surface area contributed by atoms with E-state index in [0.29, 0.717) is 6.54 Å². The lowest BCUT2D eigenvalue weighted by Crippen LogP contribution is -2.38. The molecule has 2 aliphatic rings. The van der Waals surface area contributed by atoms with E-state index in [2.05, 4.69) is 33.9 Å². The SMILES string of the molecule is Cn1ncc2c1CCCC2NC(=O)NCc1ccc2c(c1)CCC2. The number of aromatic nitrogens is 2. The summed E-state index contributed by atoms with van der Waals surface area (Å²) in [5, 5.41) is 10.4. The van der Waals surface area contributed by atoms with Crippen molar-refractivity contribution in [2.75, 3.05) is 0 Å². The molecule has 2 N–H and O–H groups in total. The summed E-state index contributed by atoms with van der Waals surface area (Å²) in [6.07, 6.45) is 8.61. The molecule has 126 valence electrons. The van der Waals surface area contributed by atoms with Crippen LogP contribution in [0.25, 0.3) is 0 Å². The number of carbonyl (C=O) groups excluding carboxylic acids is 1. The smallest absolute Gasteiger partial charge is 0.315 e. The highest BCUT2D eigenvalue weighted by atomic mass is 16.2. The number of aryl methyl sites for hydroxylation is 3. The van der Waals surface area contributed by atoms with Crippen molar-refractivity contribution in [3.05, 3.63) is 52.3 Å². The van der Waals surface area contributed by atoms with Gasteiger partial charge in [-0.1, -0.05) is 18.2 Å². The fraction of sp³-hybridized carbons (Fsp3) is 0.474. The summed E-state index contributed by atoms with van der Waals surface area (Å²) in [5.41, 5.74) is 6.50. The molecule has 2 aliphatic carbocycles. The molecule has 5 nitrogen and oxygen atoms in total. The fourth-order valence-electron chi connectivity index (χ4n) is 3.98. The van der Waals surface area contributed by atoms with Crippen molar-refractivity contribution in [3.8, 4) is 0 Å². The normalized spacial score (nSPS) is 18.8. The summed E-state index contributed by atoms with van der Waals surface area (Å²) in [4.78, 5) is 12.3. The molecule has 1 unspecified atom stereocenters. The molecule has 4 rings (SSSR count). The van der Waals surface area contributed by atoms with E-state index in [1.807, 2.05) is 17.9 Å². The molecule has 2 aromatic rings. The Morgan fingerprint density at radius 3 is 3.04 bits per heavy atom. The molecule has 0 bridgehead atoms. The number of benzene rings is 1. The van der Waals surface area contributed by atoms with Gasteiger partial charge in [0.25, 0.3) is 0 Å². The number of rotatable bonds is 3. The van der Waals surface area contributed by atoms with E-state index in [-0.39, 0.29) is 12.1 Å². The molecule has 0 spiro atoms. The molecule has 0 saturated heterocycles. The monoisotopic (exact) mass is 324 g/mol. The lowest BCUT2D eigenvalue weighted by Gasteiger charge is -2.24. The second kappa shape index (κ2) is 6.30. The summed E-state index contributed by atoms with van der Waals surface area (Å²) < 4.78 is 1.92. The quantitative estimate of drug-likeness (QED) is 0.912.